The summed E-state index contributed by atoms with van der Waals surface area (Å²) in [6.07, 6.45) is 6.66. The van der Waals surface area contributed by atoms with Gasteiger partial charge in [0.15, 0.2) is 0 Å². The highest BCUT2D eigenvalue weighted by Gasteiger charge is 2.01. The van der Waals surface area contributed by atoms with E-state index in [0.717, 1.165) is 5.56 Å². The Hall–Kier alpha value is -3.26. The normalized spacial score (nSPS) is 9.95. The summed E-state index contributed by atoms with van der Waals surface area (Å²) in [5.41, 5.74) is 3.79. The van der Waals surface area contributed by atoms with Crippen LogP contribution >= 0.6 is 0 Å². The van der Waals surface area contributed by atoms with Crippen LogP contribution < -0.4 is 15.5 Å². The number of hydrogen-bond donors (Lipinski definition) is 2. The predicted molar refractivity (Wildman–Crippen MR) is 87.0 cm³/mol. The van der Waals surface area contributed by atoms with Gasteiger partial charge in [-0.1, -0.05) is 36.3 Å². The highest BCUT2D eigenvalue weighted by Crippen LogP contribution is 2.15. The van der Waals surface area contributed by atoms with Crippen molar-refractivity contribution in [3.05, 3.63) is 60.2 Å². The average molecular weight is 293 g/mol. The molecule has 0 unspecified atom stereocenters. The molecule has 0 radical (unpaired) electrons. The zero-order valence-corrected chi connectivity index (χ0v) is 11.8. The first-order valence-corrected chi connectivity index (χ1v) is 6.60. The van der Waals surface area contributed by atoms with Crippen molar-refractivity contribution < 1.29 is 9.53 Å². The van der Waals surface area contributed by atoms with E-state index < -0.39 is 6.03 Å². The molecule has 0 saturated carbocycles. The molecule has 0 aliphatic rings. The van der Waals surface area contributed by atoms with Crippen molar-refractivity contribution in [1.82, 2.24) is 5.43 Å². The van der Waals surface area contributed by atoms with Gasteiger partial charge in [-0.25, -0.2) is 10.2 Å². The lowest BCUT2D eigenvalue weighted by atomic mass is 10.2. The Bertz CT molecular complexity index is 691. The number of amides is 2. The van der Waals surface area contributed by atoms with Crippen LogP contribution in [0.4, 0.5) is 10.5 Å². The van der Waals surface area contributed by atoms with Gasteiger partial charge < -0.3 is 10.1 Å². The van der Waals surface area contributed by atoms with E-state index in [-0.39, 0.29) is 6.61 Å². The number of nitrogens with one attached hydrogen (secondary N) is 2. The van der Waals surface area contributed by atoms with E-state index >= 15 is 0 Å². The van der Waals surface area contributed by atoms with E-state index in [9.17, 15) is 4.79 Å². The van der Waals surface area contributed by atoms with Crippen LogP contribution in [0, 0.1) is 12.3 Å². The third-order valence-corrected chi connectivity index (χ3v) is 2.63. The molecule has 110 valence electrons. The number of anilines is 1. The van der Waals surface area contributed by atoms with Crippen molar-refractivity contribution in [3.8, 4) is 18.1 Å². The number of hydrazone groups is 1. The van der Waals surface area contributed by atoms with Crippen molar-refractivity contribution in [3.63, 3.8) is 0 Å². The molecule has 2 amide bonds. The maximum Gasteiger partial charge on any atom is 0.339 e. The summed E-state index contributed by atoms with van der Waals surface area (Å²) in [7, 11) is 0. The monoisotopic (exact) mass is 293 g/mol. The van der Waals surface area contributed by atoms with E-state index in [1.54, 1.807) is 18.2 Å². The SMILES string of the molecule is C#CCOc1ccccc1C=NNC(=O)Nc1ccccc1. The molecular weight excluding hydrogens is 278 g/mol. The van der Waals surface area contributed by atoms with Crippen LogP contribution in [-0.4, -0.2) is 18.9 Å². The maximum atomic E-state index is 11.7. The molecule has 0 bridgehead atoms. The van der Waals surface area contributed by atoms with Gasteiger partial charge in [0.25, 0.3) is 0 Å². The Balaban J connectivity index is 1.92. The molecule has 2 N–H and O–H groups in total. The quantitative estimate of drug-likeness (QED) is 0.506. The summed E-state index contributed by atoms with van der Waals surface area (Å²) in [5.74, 6) is 3.00. The summed E-state index contributed by atoms with van der Waals surface area (Å²) in [5, 5.41) is 6.54. The van der Waals surface area contributed by atoms with E-state index in [1.165, 1.54) is 6.21 Å². The number of hydrogen-bond acceptors (Lipinski definition) is 3. The molecule has 0 atom stereocenters. The van der Waals surface area contributed by atoms with Crippen LogP contribution in [0.25, 0.3) is 0 Å². The van der Waals surface area contributed by atoms with Crippen LogP contribution in [-0.2, 0) is 0 Å². The second-order valence-corrected chi connectivity index (χ2v) is 4.22. The summed E-state index contributed by atoms with van der Waals surface area (Å²) in [6.45, 7) is 0.173. The molecule has 2 rings (SSSR count). The first-order chi connectivity index (χ1) is 10.8. The van der Waals surface area contributed by atoms with Gasteiger partial charge in [0, 0.05) is 11.3 Å². The Morgan fingerprint density at radius 1 is 1.18 bits per heavy atom. The standard InChI is InChI=1S/C17H15N3O2/c1-2-12-22-16-11-7-6-8-14(16)13-18-20-17(21)19-15-9-4-3-5-10-15/h1,3-11,13H,12H2,(H2,19,20,21). The second kappa shape index (κ2) is 8.12. The molecule has 22 heavy (non-hydrogen) atoms. The molecule has 0 heterocycles. The number of ether oxygens (including phenoxy) is 1. The van der Waals surface area contributed by atoms with Crippen molar-refractivity contribution >= 4 is 17.9 Å². The van der Waals surface area contributed by atoms with E-state index in [1.807, 2.05) is 36.4 Å². The average Bonchev–Trinajstić information content (AvgIpc) is 2.55. The minimum Gasteiger partial charge on any atom is -0.480 e. The Morgan fingerprint density at radius 3 is 2.68 bits per heavy atom. The van der Waals surface area contributed by atoms with Gasteiger partial charge >= 0.3 is 6.03 Å². The van der Waals surface area contributed by atoms with E-state index in [0.29, 0.717) is 11.4 Å². The number of carbonyl (C=O) groups is 1. The third kappa shape index (κ3) is 4.69. The first kappa shape index (κ1) is 15.1. The lowest BCUT2D eigenvalue weighted by Gasteiger charge is -2.06. The molecule has 0 aliphatic carbocycles. The number of urea groups is 1. The van der Waals surface area contributed by atoms with Crippen molar-refractivity contribution in [2.45, 2.75) is 0 Å². The second-order valence-electron chi connectivity index (χ2n) is 4.22. The Kier molecular flexibility index (Phi) is 5.59. The number of nitrogens with zero attached hydrogens (tertiary/aromatic N) is 1. The van der Waals surface area contributed by atoms with Gasteiger partial charge in [-0.15, -0.1) is 6.42 Å². The van der Waals surface area contributed by atoms with Gasteiger partial charge in [-0.2, -0.15) is 5.10 Å². The van der Waals surface area contributed by atoms with E-state index in [2.05, 4.69) is 21.8 Å². The fourth-order valence-electron chi connectivity index (χ4n) is 1.68. The Labute approximate surface area is 129 Å². The number of terminal acetylenes is 1. The molecule has 5 heteroatoms. The van der Waals surface area contributed by atoms with Crippen molar-refractivity contribution in [2.75, 3.05) is 11.9 Å². The lowest BCUT2D eigenvalue weighted by Crippen LogP contribution is -2.24. The zero-order valence-electron chi connectivity index (χ0n) is 11.8. The van der Waals surface area contributed by atoms with Crippen LogP contribution in [0.2, 0.25) is 0 Å². The fourth-order valence-corrected chi connectivity index (χ4v) is 1.68. The lowest BCUT2D eigenvalue weighted by molar-refractivity contribution is 0.252. The molecule has 0 spiro atoms. The third-order valence-electron chi connectivity index (χ3n) is 2.63. The van der Waals surface area contributed by atoms with Gasteiger partial charge in [-0.3, -0.25) is 0 Å². The summed E-state index contributed by atoms with van der Waals surface area (Å²) in [4.78, 5) is 11.7. The molecule has 2 aromatic carbocycles. The maximum absolute atomic E-state index is 11.7. The number of benzene rings is 2. The molecule has 0 fully saturated rings. The molecule has 0 saturated heterocycles. The molecule has 5 nitrogen and oxygen atoms in total. The van der Waals surface area contributed by atoms with Crippen molar-refractivity contribution in [1.29, 1.82) is 0 Å². The smallest absolute Gasteiger partial charge is 0.339 e. The van der Waals surface area contributed by atoms with Gasteiger partial charge in [0.1, 0.15) is 12.4 Å². The van der Waals surface area contributed by atoms with E-state index in [4.69, 9.17) is 11.2 Å². The molecule has 2 aromatic rings. The molecular formula is C17H15N3O2. The summed E-state index contributed by atoms with van der Waals surface area (Å²) >= 11 is 0. The van der Waals surface area contributed by atoms with Crippen LogP contribution in [0.15, 0.2) is 59.7 Å². The van der Waals surface area contributed by atoms with Crippen LogP contribution in [0.3, 0.4) is 0 Å². The number of rotatable bonds is 5. The number of carbonyl (C=O) groups excluding carboxylic acids is 1. The minimum absolute atomic E-state index is 0.173. The van der Waals surface area contributed by atoms with Crippen LogP contribution in [0.1, 0.15) is 5.56 Å². The zero-order chi connectivity index (χ0) is 15.6. The highest BCUT2D eigenvalue weighted by atomic mass is 16.5. The van der Waals surface area contributed by atoms with Crippen molar-refractivity contribution in [2.24, 2.45) is 5.10 Å². The topological polar surface area (TPSA) is 62.7 Å². The predicted octanol–water partition coefficient (Wildman–Crippen LogP) is 2.85. The molecule has 0 aliphatic heterocycles. The first-order valence-electron chi connectivity index (χ1n) is 6.60. The highest BCUT2D eigenvalue weighted by molar-refractivity contribution is 5.90. The molecule has 0 aromatic heterocycles. The largest absolute Gasteiger partial charge is 0.480 e. The number of para-hydroxylation sites is 2. The van der Waals surface area contributed by atoms with Gasteiger partial charge in [-0.05, 0) is 24.3 Å². The summed E-state index contributed by atoms with van der Waals surface area (Å²) in [6, 6.07) is 15.9. The summed E-state index contributed by atoms with van der Waals surface area (Å²) < 4.78 is 5.38. The fraction of sp³-hybridized carbons (Fsp3) is 0.0588. The minimum atomic E-state index is -0.426. The van der Waals surface area contributed by atoms with Crippen LogP contribution in [0.5, 0.6) is 5.75 Å². The Morgan fingerprint density at radius 2 is 1.91 bits per heavy atom. The van der Waals surface area contributed by atoms with Gasteiger partial charge in [0.2, 0.25) is 0 Å². The van der Waals surface area contributed by atoms with Gasteiger partial charge in [0.05, 0.1) is 6.21 Å².